The van der Waals surface area contributed by atoms with Crippen LogP contribution in [0.4, 0.5) is 0 Å². The van der Waals surface area contributed by atoms with Crippen LogP contribution in [-0.2, 0) is 0 Å². The predicted octanol–water partition coefficient (Wildman–Crippen LogP) is 1.04. The van der Waals surface area contributed by atoms with Crippen LogP contribution in [-0.4, -0.2) is 71.8 Å². The van der Waals surface area contributed by atoms with Crippen molar-refractivity contribution in [2.24, 2.45) is 4.99 Å². The molecule has 5 nitrogen and oxygen atoms in total. The smallest absolute Gasteiger partial charge is 0.191 e. The second kappa shape index (κ2) is 7.41. The average Bonchev–Trinajstić information content (AvgIpc) is 3.25. The molecule has 0 bridgehead atoms. The molecule has 3 aliphatic rings. The van der Waals surface area contributed by atoms with Crippen molar-refractivity contribution in [3.8, 4) is 0 Å². The monoisotopic (exact) mass is 326 g/mol. The predicted molar refractivity (Wildman–Crippen MR) is 93.6 cm³/mol. The molecule has 0 radical (unpaired) electrons. The fourth-order valence-corrected chi connectivity index (χ4v) is 5.17. The third kappa shape index (κ3) is 4.09. The number of aliphatic imine (C=N–C) groups is 1. The van der Waals surface area contributed by atoms with Gasteiger partial charge in [0.05, 0.1) is 5.60 Å². The minimum absolute atomic E-state index is 0.486. The van der Waals surface area contributed by atoms with Crippen molar-refractivity contribution >= 4 is 17.7 Å². The van der Waals surface area contributed by atoms with Crippen molar-refractivity contribution in [3.05, 3.63) is 0 Å². The van der Waals surface area contributed by atoms with Crippen molar-refractivity contribution in [3.63, 3.8) is 0 Å². The van der Waals surface area contributed by atoms with E-state index in [4.69, 9.17) is 0 Å². The van der Waals surface area contributed by atoms with Gasteiger partial charge in [-0.1, -0.05) is 12.8 Å². The molecule has 3 N–H and O–H groups in total. The van der Waals surface area contributed by atoms with Gasteiger partial charge in [0, 0.05) is 44.5 Å². The highest BCUT2D eigenvalue weighted by Gasteiger charge is 2.33. The van der Waals surface area contributed by atoms with Crippen molar-refractivity contribution in [2.75, 3.05) is 38.2 Å². The number of nitrogens with zero attached hydrogens (tertiary/aromatic N) is 2. The summed E-state index contributed by atoms with van der Waals surface area (Å²) in [6.07, 6.45) is 7.63. The molecule has 0 aromatic rings. The molecule has 0 aromatic carbocycles. The molecule has 2 unspecified atom stereocenters. The Labute approximate surface area is 138 Å². The van der Waals surface area contributed by atoms with Crippen LogP contribution in [0.25, 0.3) is 0 Å². The molecule has 0 amide bonds. The van der Waals surface area contributed by atoms with E-state index in [1.807, 2.05) is 18.8 Å². The van der Waals surface area contributed by atoms with Crippen LogP contribution < -0.4 is 10.6 Å². The summed E-state index contributed by atoms with van der Waals surface area (Å²) in [5.74, 6) is 2.72. The first-order valence-electron chi connectivity index (χ1n) is 8.70. The number of rotatable bonds is 4. The third-order valence-electron chi connectivity index (χ3n) is 5.29. The Morgan fingerprint density at radius 2 is 2.18 bits per heavy atom. The van der Waals surface area contributed by atoms with E-state index in [1.165, 1.54) is 38.6 Å². The van der Waals surface area contributed by atoms with Crippen molar-refractivity contribution in [1.29, 1.82) is 0 Å². The molecule has 3 fully saturated rings. The zero-order chi connectivity index (χ0) is 15.4. The standard InChI is InChI=1S/C16H30N4OS/c1-17-15(18-11-16(21)7-9-22-12-16)19-13-6-8-20(10-13)14-4-2-3-5-14/h13-14,21H,2-12H2,1H3,(H2,17,18,19). The van der Waals surface area contributed by atoms with Gasteiger partial charge in [0.1, 0.15) is 0 Å². The second-order valence-electron chi connectivity index (χ2n) is 7.02. The summed E-state index contributed by atoms with van der Waals surface area (Å²) in [4.78, 5) is 6.98. The van der Waals surface area contributed by atoms with Crippen molar-refractivity contribution < 1.29 is 5.11 Å². The Morgan fingerprint density at radius 3 is 2.86 bits per heavy atom. The maximum Gasteiger partial charge on any atom is 0.191 e. The van der Waals surface area contributed by atoms with Gasteiger partial charge in [-0.3, -0.25) is 9.89 Å². The van der Waals surface area contributed by atoms with Crippen LogP contribution in [0.5, 0.6) is 0 Å². The molecule has 1 saturated carbocycles. The fraction of sp³-hybridized carbons (Fsp3) is 0.938. The van der Waals surface area contributed by atoms with E-state index in [0.29, 0.717) is 12.6 Å². The van der Waals surface area contributed by atoms with Gasteiger partial charge in [0.2, 0.25) is 0 Å². The van der Waals surface area contributed by atoms with Gasteiger partial charge in [0.25, 0.3) is 0 Å². The summed E-state index contributed by atoms with van der Waals surface area (Å²) in [5.41, 5.74) is -0.562. The minimum Gasteiger partial charge on any atom is -0.387 e. The molecule has 22 heavy (non-hydrogen) atoms. The van der Waals surface area contributed by atoms with Crippen LogP contribution in [0.1, 0.15) is 38.5 Å². The lowest BCUT2D eigenvalue weighted by Crippen LogP contribution is -2.50. The number of hydrogen-bond acceptors (Lipinski definition) is 4. The van der Waals surface area contributed by atoms with Crippen molar-refractivity contribution in [2.45, 2.75) is 56.2 Å². The largest absolute Gasteiger partial charge is 0.387 e. The zero-order valence-corrected chi connectivity index (χ0v) is 14.5. The lowest BCUT2D eigenvalue weighted by atomic mass is 10.0. The van der Waals surface area contributed by atoms with E-state index in [-0.39, 0.29) is 0 Å². The first-order valence-corrected chi connectivity index (χ1v) is 9.85. The third-order valence-corrected chi connectivity index (χ3v) is 6.53. The summed E-state index contributed by atoms with van der Waals surface area (Å²) in [5, 5.41) is 17.3. The Kier molecular flexibility index (Phi) is 5.52. The topological polar surface area (TPSA) is 59.9 Å². The van der Waals surface area contributed by atoms with E-state index in [9.17, 15) is 5.11 Å². The van der Waals surface area contributed by atoms with Gasteiger partial charge in [-0.25, -0.2) is 0 Å². The van der Waals surface area contributed by atoms with Gasteiger partial charge < -0.3 is 15.7 Å². The van der Waals surface area contributed by atoms with Gasteiger partial charge in [-0.2, -0.15) is 11.8 Å². The number of aliphatic hydroxyl groups is 1. The van der Waals surface area contributed by atoms with E-state index < -0.39 is 5.60 Å². The molecule has 2 saturated heterocycles. The minimum atomic E-state index is -0.562. The quantitative estimate of drug-likeness (QED) is 0.532. The summed E-state index contributed by atoms with van der Waals surface area (Å²) < 4.78 is 0. The molecule has 2 heterocycles. The number of hydrogen-bond donors (Lipinski definition) is 3. The van der Waals surface area contributed by atoms with E-state index in [2.05, 4.69) is 20.5 Å². The second-order valence-corrected chi connectivity index (χ2v) is 8.12. The van der Waals surface area contributed by atoms with Crippen LogP contribution in [0.2, 0.25) is 0 Å². The van der Waals surface area contributed by atoms with E-state index >= 15 is 0 Å². The lowest BCUT2D eigenvalue weighted by Gasteiger charge is -2.26. The van der Waals surface area contributed by atoms with Crippen LogP contribution in [0.3, 0.4) is 0 Å². The maximum absolute atomic E-state index is 10.4. The lowest BCUT2D eigenvalue weighted by molar-refractivity contribution is 0.0724. The Bertz CT molecular complexity index is 392. The van der Waals surface area contributed by atoms with Gasteiger partial charge in [-0.15, -0.1) is 0 Å². The first-order chi connectivity index (χ1) is 10.7. The number of thioether (sulfide) groups is 1. The molecule has 0 spiro atoms. The summed E-state index contributed by atoms with van der Waals surface area (Å²) in [7, 11) is 1.81. The summed E-state index contributed by atoms with van der Waals surface area (Å²) in [6.45, 7) is 2.93. The fourth-order valence-electron chi connectivity index (χ4n) is 3.88. The normalized spacial score (nSPS) is 34.5. The highest BCUT2D eigenvalue weighted by Crippen LogP contribution is 2.27. The van der Waals surface area contributed by atoms with Gasteiger partial charge >= 0.3 is 0 Å². The van der Waals surface area contributed by atoms with Gasteiger partial charge in [0.15, 0.2) is 5.96 Å². The number of nitrogens with one attached hydrogen (secondary N) is 2. The molecule has 0 aromatic heterocycles. The van der Waals surface area contributed by atoms with Gasteiger partial charge in [-0.05, 0) is 31.4 Å². The van der Waals surface area contributed by atoms with Crippen LogP contribution in [0.15, 0.2) is 4.99 Å². The van der Waals surface area contributed by atoms with Crippen LogP contribution in [0, 0.1) is 0 Å². The molecule has 6 heteroatoms. The van der Waals surface area contributed by atoms with E-state index in [1.54, 1.807) is 0 Å². The highest BCUT2D eigenvalue weighted by molar-refractivity contribution is 7.99. The molecule has 2 atom stereocenters. The summed E-state index contributed by atoms with van der Waals surface area (Å²) >= 11 is 1.83. The molecular weight excluding hydrogens is 296 g/mol. The Hall–Kier alpha value is -0.460. The summed E-state index contributed by atoms with van der Waals surface area (Å²) in [6, 6.07) is 1.30. The highest BCUT2D eigenvalue weighted by atomic mass is 32.2. The molecule has 1 aliphatic carbocycles. The molecule has 2 aliphatic heterocycles. The number of guanidine groups is 1. The number of likely N-dealkylation sites (tertiary alicyclic amines) is 1. The molecule has 126 valence electrons. The SMILES string of the molecule is CN=C(NCC1(O)CCSC1)NC1CCN(C2CCCC2)C1. The van der Waals surface area contributed by atoms with E-state index in [0.717, 1.165) is 36.5 Å². The average molecular weight is 327 g/mol. The van der Waals surface area contributed by atoms with Crippen molar-refractivity contribution in [1.82, 2.24) is 15.5 Å². The zero-order valence-electron chi connectivity index (χ0n) is 13.7. The molecular formula is C16H30N4OS. The first kappa shape index (κ1) is 16.4. The van der Waals surface area contributed by atoms with Crippen LogP contribution >= 0.6 is 11.8 Å². The Balaban J connectivity index is 1.43. The maximum atomic E-state index is 10.4. The Morgan fingerprint density at radius 1 is 1.36 bits per heavy atom. The molecule has 3 rings (SSSR count).